The van der Waals surface area contributed by atoms with E-state index >= 15 is 0 Å². The van der Waals surface area contributed by atoms with Gasteiger partial charge in [-0.05, 0) is 46.8 Å². The highest BCUT2D eigenvalue weighted by atomic mass is 79.9. The fraction of sp³-hybridized carbons (Fsp3) is 0.429. The zero-order chi connectivity index (χ0) is 15.6. The van der Waals surface area contributed by atoms with E-state index in [9.17, 15) is 19.1 Å². The molecule has 0 aromatic heterocycles. The van der Waals surface area contributed by atoms with Crippen molar-refractivity contribution in [3.63, 3.8) is 0 Å². The van der Waals surface area contributed by atoms with Gasteiger partial charge in [0.2, 0.25) is 0 Å². The molecule has 1 aromatic rings. The quantitative estimate of drug-likeness (QED) is 0.851. The molecule has 0 saturated carbocycles. The summed E-state index contributed by atoms with van der Waals surface area (Å²) in [6, 6.07) is 2.87. The minimum absolute atomic E-state index is 0.0188. The van der Waals surface area contributed by atoms with Gasteiger partial charge < -0.3 is 15.3 Å². The number of hydrogen-bond acceptors (Lipinski definition) is 2. The minimum Gasteiger partial charge on any atom is -0.480 e. The minimum atomic E-state index is -1.04. The SMILES string of the molecule is CC1CCN(C(=O)Nc2c(F)cccc2Br)C(C(=O)O)C1. The van der Waals surface area contributed by atoms with E-state index in [1.54, 1.807) is 6.07 Å². The number of nitrogens with one attached hydrogen (secondary N) is 1. The van der Waals surface area contributed by atoms with Gasteiger partial charge in [0, 0.05) is 11.0 Å². The number of halogens is 2. The Balaban J connectivity index is 2.17. The molecular weight excluding hydrogens is 343 g/mol. The van der Waals surface area contributed by atoms with E-state index in [2.05, 4.69) is 21.2 Å². The molecule has 0 spiro atoms. The predicted molar refractivity (Wildman–Crippen MR) is 79.6 cm³/mol. The summed E-state index contributed by atoms with van der Waals surface area (Å²) in [6.07, 6.45) is 1.14. The van der Waals surface area contributed by atoms with Crippen LogP contribution in [0.5, 0.6) is 0 Å². The molecule has 2 rings (SSSR count). The standard InChI is InChI=1S/C14H16BrFN2O3/c1-8-5-6-18(11(7-8)13(19)20)14(21)17-12-9(15)3-2-4-10(12)16/h2-4,8,11H,5-7H2,1H3,(H,17,21)(H,19,20). The topological polar surface area (TPSA) is 69.6 Å². The lowest BCUT2D eigenvalue weighted by molar-refractivity contribution is -0.143. The second kappa shape index (κ2) is 6.43. The molecule has 1 fully saturated rings. The van der Waals surface area contributed by atoms with Crippen molar-refractivity contribution in [3.05, 3.63) is 28.5 Å². The lowest BCUT2D eigenvalue weighted by Crippen LogP contribution is -2.51. The van der Waals surface area contributed by atoms with E-state index in [-0.39, 0.29) is 11.6 Å². The highest BCUT2D eigenvalue weighted by Gasteiger charge is 2.35. The van der Waals surface area contributed by atoms with Crippen LogP contribution in [0.1, 0.15) is 19.8 Å². The zero-order valence-corrected chi connectivity index (χ0v) is 13.1. The van der Waals surface area contributed by atoms with Crippen molar-refractivity contribution >= 4 is 33.6 Å². The van der Waals surface area contributed by atoms with Gasteiger partial charge in [-0.1, -0.05) is 13.0 Å². The first-order chi connectivity index (χ1) is 9.90. The van der Waals surface area contributed by atoms with E-state index < -0.39 is 23.9 Å². The van der Waals surface area contributed by atoms with Crippen molar-refractivity contribution in [2.45, 2.75) is 25.8 Å². The number of carboxylic acids is 1. The number of carboxylic acid groups (broad SMARTS) is 1. The molecule has 1 aliphatic rings. The number of likely N-dealkylation sites (tertiary alicyclic amines) is 1. The van der Waals surface area contributed by atoms with E-state index in [0.29, 0.717) is 17.4 Å². The number of rotatable bonds is 2. The molecule has 2 N–H and O–H groups in total. The molecule has 7 heteroatoms. The maximum atomic E-state index is 13.7. The first-order valence-corrected chi connectivity index (χ1v) is 7.44. The Morgan fingerprint density at radius 1 is 1.48 bits per heavy atom. The van der Waals surface area contributed by atoms with E-state index in [4.69, 9.17) is 0 Å². The highest BCUT2D eigenvalue weighted by molar-refractivity contribution is 9.10. The Hall–Kier alpha value is -1.63. The normalized spacial score (nSPS) is 22.0. The number of amides is 2. The van der Waals surface area contributed by atoms with Gasteiger partial charge in [-0.2, -0.15) is 0 Å². The van der Waals surface area contributed by atoms with E-state index in [1.165, 1.54) is 17.0 Å². The van der Waals surface area contributed by atoms with Crippen LogP contribution in [-0.2, 0) is 4.79 Å². The second-order valence-electron chi connectivity index (χ2n) is 5.20. The lowest BCUT2D eigenvalue weighted by atomic mass is 9.93. The summed E-state index contributed by atoms with van der Waals surface area (Å²) in [6.45, 7) is 2.30. The number of piperidine rings is 1. The molecular formula is C14H16BrFN2O3. The van der Waals surface area contributed by atoms with Crippen LogP contribution < -0.4 is 5.32 Å². The predicted octanol–water partition coefficient (Wildman–Crippen LogP) is 3.31. The summed E-state index contributed by atoms with van der Waals surface area (Å²) in [5.74, 6) is -1.37. The molecule has 2 amide bonds. The summed E-state index contributed by atoms with van der Waals surface area (Å²) in [5.41, 5.74) is 0.0188. The monoisotopic (exact) mass is 358 g/mol. The van der Waals surface area contributed by atoms with Crippen molar-refractivity contribution in [3.8, 4) is 0 Å². The van der Waals surface area contributed by atoms with Crippen molar-refractivity contribution in [2.24, 2.45) is 5.92 Å². The number of para-hydroxylation sites is 1. The molecule has 114 valence electrons. The number of aliphatic carboxylic acids is 1. The van der Waals surface area contributed by atoms with Crippen LogP contribution in [0, 0.1) is 11.7 Å². The number of anilines is 1. The summed E-state index contributed by atoms with van der Waals surface area (Å²) >= 11 is 3.16. The van der Waals surface area contributed by atoms with Crippen molar-refractivity contribution in [1.29, 1.82) is 0 Å². The van der Waals surface area contributed by atoms with E-state index in [1.807, 2.05) is 6.92 Å². The first kappa shape index (κ1) is 15.8. The average Bonchev–Trinajstić information content (AvgIpc) is 2.42. The largest absolute Gasteiger partial charge is 0.480 e. The average molecular weight is 359 g/mol. The first-order valence-electron chi connectivity index (χ1n) is 6.64. The molecule has 1 heterocycles. The van der Waals surface area contributed by atoms with Crippen molar-refractivity contribution in [2.75, 3.05) is 11.9 Å². The van der Waals surface area contributed by atoms with Gasteiger partial charge in [0.1, 0.15) is 11.9 Å². The molecule has 2 atom stereocenters. The maximum Gasteiger partial charge on any atom is 0.326 e. The number of carbonyl (C=O) groups is 2. The number of carbonyl (C=O) groups excluding carboxylic acids is 1. The highest BCUT2D eigenvalue weighted by Crippen LogP contribution is 2.27. The summed E-state index contributed by atoms with van der Waals surface area (Å²) in [5, 5.41) is 11.7. The van der Waals surface area contributed by atoms with Crippen LogP contribution in [0.25, 0.3) is 0 Å². The summed E-state index contributed by atoms with van der Waals surface area (Å²) in [7, 11) is 0. The molecule has 0 bridgehead atoms. The smallest absolute Gasteiger partial charge is 0.326 e. The molecule has 1 aliphatic heterocycles. The molecule has 5 nitrogen and oxygen atoms in total. The molecule has 21 heavy (non-hydrogen) atoms. The van der Waals surface area contributed by atoms with Gasteiger partial charge in [-0.25, -0.2) is 14.0 Å². The molecule has 0 aliphatic carbocycles. The van der Waals surface area contributed by atoms with Gasteiger partial charge in [0.15, 0.2) is 0 Å². The lowest BCUT2D eigenvalue weighted by Gasteiger charge is -2.35. The number of hydrogen-bond donors (Lipinski definition) is 2. The van der Waals surface area contributed by atoms with Gasteiger partial charge in [-0.3, -0.25) is 0 Å². The zero-order valence-electron chi connectivity index (χ0n) is 11.5. The van der Waals surface area contributed by atoms with Gasteiger partial charge in [0.05, 0.1) is 5.69 Å². The van der Waals surface area contributed by atoms with Crippen LogP contribution in [-0.4, -0.2) is 34.6 Å². The van der Waals surface area contributed by atoms with Gasteiger partial charge in [-0.15, -0.1) is 0 Å². The summed E-state index contributed by atoms with van der Waals surface area (Å²) in [4.78, 5) is 24.8. The van der Waals surface area contributed by atoms with Crippen LogP contribution in [0.2, 0.25) is 0 Å². The Morgan fingerprint density at radius 3 is 2.81 bits per heavy atom. The molecule has 1 aromatic carbocycles. The van der Waals surface area contributed by atoms with Gasteiger partial charge in [0.25, 0.3) is 0 Å². The summed E-state index contributed by atoms with van der Waals surface area (Å²) < 4.78 is 14.1. The third kappa shape index (κ3) is 3.53. The molecule has 2 unspecified atom stereocenters. The van der Waals surface area contributed by atoms with Crippen LogP contribution >= 0.6 is 15.9 Å². The van der Waals surface area contributed by atoms with Crippen LogP contribution in [0.4, 0.5) is 14.9 Å². The second-order valence-corrected chi connectivity index (χ2v) is 6.06. The number of urea groups is 1. The third-order valence-electron chi connectivity index (χ3n) is 3.61. The van der Waals surface area contributed by atoms with Crippen LogP contribution in [0.3, 0.4) is 0 Å². The maximum absolute atomic E-state index is 13.7. The molecule has 1 saturated heterocycles. The molecule has 0 radical (unpaired) electrons. The fourth-order valence-corrected chi connectivity index (χ4v) is 2.86. The third-order valence-corrected chi connectivity index (χ3v) is 4.27. The number of benzene rings is 1. The van der Waals surface area contributed by atoms with E-state index in [0.717, 1.165) is 6.42 Å². The van der Waals surface area contributed by atoms with Crippen molar-refractivity contribution < 1.29 is 19.1 Å². The fourth-order valence-electron chi connectivity index (χ4n) is 2.41. The van der Waals surface area contributed by atoms with Crippen molar-refractivity contribution in [1.82, 2.24) is 4.90 Å². The Kier molecular flexibility index (Phi) is 4.82. The Bertz CT molecular complexity index is 547. The van der Waals surface area contributed by atoms with Crippen LogP contribution in [0.15, 0.2) is 22.7 Å². The Morgan fingerprint density at radius 2 is 2.19 bits per heavy atom. The number of nitrogens with zero attached hydrogens (tertiary/aromatic N) is 1. The van der Waals surface area contributed by atoms with Gasteiger partial charge >= 0.3 is 12.0 Å². The Labute approximate surface area is 130 Å².